The van der Waals surface area contributed by atoms with Gasteiger partial charge in [-0.3, -0.25) is 4.79 Å². The van der Waals surface area contributed by atoms with Crippen LogP contribution in [0.2, 0.25) is 0 Å². The molecule has 0 aliphatic carbocycles. The third-order valence-corrected chi connectivity index (χ3v) is 7.93. The summed E-state index contributed by atoms with van der Waals surface area (Å²) >= 11 is 6.91. The highest BCUT2D eigenvalue weighted by atomic mass is 35.5. The Morgan fingerprint density at radius 2 is 1.79 bits per heavy atom. The molecule has 2 atom stereocenters. The van der Waals surface area contributed by atoms with Gasteiger partial charge in [-0.05, 0) is 36.4 Å². The van der Waals surface area contributed by atoms with E-state index in [-0.39, 0.29) is 28.7 Å². The summed E-state index contributed by atoms with van der Waals surface area (Å²) < 4.78 is 30.0. The zero-order valence-corrected chi connectivity index (χ0v) is 17.1. The number of aliphatic imine (C=N–C) groups is 1. The predicted molar refractivity (Wildman–Crippen MR) is 112 cm³/mol. The monoisotopic (exact) mass is 436 g/mol. The van der Waals surface area contributed by atoms with Crippen LogP contribution in [0.3, 0.4) is 0 Å². The minimum Gasteiger partial charge on any atom is -0.457 e. The normalized spacial score (nSPS) is 24.3. The van der Waals surface area contributed by atoms with Crippen LogP contribution >= 0.6 is 23.4 Å². The molecular weight excluding hydrogens is 420 g/mol. The number of carbonyl (C=O) groups is 1. The molecule has 0 aromatic heterocycles. The number of halogens is 1. The van der Waals surface area contributed by atoms with Crippen LogP contribution in [0.4, 0.5) is 5.69 Å². The van der Waals surface area contributed by atoms with Crippen molar-refractivity contribution in [3.8, 4) is 11.5 Å². The Bertz CT molecular complexity index is 1010. The van der Waals surface area contributed by atoms with Crippen LogP contribution in [0.1, 0.15) is 0 Å². The number of amidine groups is 1. The minimum atomic E-state index is -3.11. The molecule has 0 N–H and O–H groups in total. The third kappa shape index (κ3) is 4.04. The fourth-order valence-corrected chi connectivity index (χ4v) is 7.29. The maximum atomic E-state index is 12.1. The maximum Gasteiger partial charge on any atom is 0.262 e. The van der Waals surface area contributed by atoms with Crippen molar-refractivity contribution in [3.63, 3.8) is 0 Å². The maximum absolute atomic E-state index is 12.1. The van der Waals surface area contributed by atoms with E-state index in [1.54, 1.807) is 0 Å². The summed E-state index contributed by atoms with van der Waals surface area (Å²) in [6.07, 6.45) is 0. The van der Waals surface area contributed by atoms with Gasteiger partial charge in [-0.25, -0.2) is 8.42 Å². The van der Waals surface area contributed by atoms with E-state index in [4.69, 9.17) is 16.3 Å². The summed E-state index contributed by atoms with van der Waals surface area (Å²) in [5, 5.41) is 0.347. The first-order valence-corrected chi connectivity index (χ1v) is 11.9. The number of hydrogen-bond donors (Lipinski definition) is 0. The summed E-state index contributed by atoms with van der Waals surface area (Å²) in [5.74, 6) is 0.857. The number of thioether (sulfide) groups is 1. The number of hydrogen-bond acceptors (Lipinski definition) is 5. The molecule has 2 fully saturated rings. The standard InChI is InChI=1S/C19H17ClN2O4S2/c20-10-18(23)21-19-22(16-11-28(24,25)12-17(16)27-19)13-6-8-15(9-7-13)26-14-4-2-1-3-5-14/h1-9,16-17H,10-12H2/t16-,17+/m1/s1. The van der Waals surface area contributed by atoms with Gasteiger partial charge >= 0.3 is 0 Å². The first-order chi connectivity index (χ1) is 13.4. The van der Waals surface area contributed by atoms with Crippen molar-refractivity contribution in [2.75, 3.05) is 22.3 Å². The van der Waals surface area contributed by atoms with E-state index in [1.807, 2.05) is 59.5 Å². The number of carbonyl (C=O) groups excluding carboxylic acids is 1. The Kier molecular flexibility index (Phi) is 5.35. The average molecular weight is 437 g/mol. The van der Waals surface area contributed by atoms with Crippen molar-refractivity contribution < 1.29 is 17.9 Å². The van der Waals surface area contributed by atoms with Gasteiger partial charge in [0.05, 0.1) is 17.5 Å². The van der Waals surface area contributed by atoms with Crippen LogP contribution in [0.5, 0.6) is 11.5 Å². The van der Waals surface area contributed by atoms with Crippen LogP contribution in [-0.4, -0.2) is 48.2 Å². The molecule has 0 unspecified atom stereocenters. The number of alkyl halides is 1. The molecule has 2 aliphatic heterocycles. The Morgan fingerprint density at radius 3 is 2.46 bits per heavy atom. The van der Waals surface area contributed by atoms with Gasteiger partial charge in [-0.1, -0.05) is 30.0 Å². The molecule has 6 nitrogen and oxygen atoms in total. The van der Waals surface area contributed by atoms with E-state index in [0.29, 0.717) is 10.9 Å². The second-order valence-corrected chi connectivity index (χ2v) is 10.1. The Morgan fingerprint density at radius 1 is 1.11 bits per heavy atom. The van der Waals surface area contributed by atoms with Gasteiger partial charge in [0.1, 0.15) is 17.4 Å². The van der Waals surface area contributed by atoms with E-state index in [1.165, 1.54) is 11.8 Å². The molecule has 0 spiro atoms. The van der Waals surface area contributed by atoms with Gasteiger partial charge < -0.3 is 9.64 Å². The zero-order valence-electron chi connectivity index (χ0n) is 14.7. The lowest BCUT2D eigenvalue weighted by atomic mass is 10.2. The average Bonchev–Trinajstić information content (AvgIpc) is 3.14. The number of rotatable bonds is 4. The van der Waals surface area contributed by atoms with Crippen LogP contribution < -0.4 is 9.64 Å². The number of fused-ring (bicyclic) bond motifs is 1. The van der Waals surface area contributed by atoms with Gasteiger partial charge in [-0.15, -0.1) is 11.6 Å². The molecule has 2 aromatic carbocycles. The SMILES string of the molecule is O=C(CCl)N=C1S[C@H]2CS(=O)(=O)C[C@H]2N1c1ccc(Oc2ccccc2)cc1. The molecule has 2 aliphatic rings. The van der Waals surface area contributed by atoms with Gasteiger partial charge in [0, 0.05) is 10.9 Å². The molecule has 0 saturated carbocycles. The van der Waals surface area contributed by atoms with Gasteiger partial charge in [-0.2, -0.15) is 4.99 Å². The molecule has 2 aromatic rings. The lowest BCUT2D eigenvalue weighted by molar-refractivity contribution is -0.115. The molecule has 4 rings (SSSR count). The van der Waals surface area contributed by atoms with Crippen LogP contribution in [0, 0.1) is 0 Å². The minimum absolute atomic E-state index is 0.0427. The molecule has 0 bridgehead atoms. The third-order valence-electron chi connectivity index (χ3n) is 4.50. The summed E-state index contributed by atoms with van der Waals surface area (Å²) in [5.41, 5.74) is 0.763. The van der Waals surface area contributed by atoms with Crippen LogP contribution in [0.15, 0.2) is 59.6 Å². The Labute approximate surface area is 172 Å². The summed E-state index contributed by atoms with van der Waals surface area (Å²) in [6, 6.07) is 16.5. The van der Waals surface area contributed by atoms with E-state index in [0.717, 1.165) is 11.4 Å². The Balaban J connectivity index is 1.62. The number of nitrogens with zero attached hydrogens (tertiary/aromatic N) is 2. The van der Waals surface area contributed by atoms with E-state index < -0.39 is 15.7 Å². The topological polar surface area (TPSA) is 76.0 Å². The molecule has 1 amide bonds. The first-order valence-electron chi connectivity index (χ1n) is 8.62. The van der Waals surface area contributed by atoms with Crippen LogP contribution in [0.25, 0.3) is 0 Å². The highest BCUT2D eigenvalue weighted by molar-refractivity contribution is 8.16. The second-order valence-electron chi connectivity index (χ2n) is 6.50. The first kappa shape index (κ1) is 19.3. The summed E-state index contributed by atoms with van der Waals surface area (Å²) in [6.45, 7) is 0. The van der Waals surface area contributed by atoms with Crippen molar-refractivity contribution in [2.24, 2.45) is 4.99 Å². The molecular formula is C19H17ClN2O4S2. The molecule has 146 valence electrons. The Hall–Kier alpha value is -2.03. The number of amides is 1. The van der Waals surface area contributed by atoms with Crippen molar-refractivity contribution in [1.82, 2.24) is 0 Å². The molecule has 9 heteroatoms. The predicted octanol–water partition coefficient (Wildman–Crippen LogP) is 3.32. The van der Waals surface area contributed by atoms with Crippen molar-refractivity contribution in [3.05, 3.63) is 54.6 Å². The number of sulfone groups is 1. The van der Waals surface area contributed by atoms with Crippen LogP contribution in [-0.2, 0) is 14.6 Å². The summed E-state index contributed by atoms with van der Waals surface area (Å²) in [7, 11) is -3.11. The number of anilines is 1. The molecule has 0 radical (unpaired) electrons. The number of ether oxygens (including phenoxy) is 1. The zero-order chi connectivity index (χ0) is 19.7. The van der Waals surface area contributed by atoms with E-state index >= 15 is 0 Å². The fraction of sp³-hybridized carbons (Fsp3) is 0.263. The number of benzene rings is 2. The van der Waals surface area contributed by atoms with Crippen molar-refractivity contribution >= 4 is 50.0 Å². The quantitative estimate of drug-likeness (QED) is 0.684. The molecule has 28 heavy (non-hydrogen) atoms. The van der Waals surface area contributed by atoms with Crippen molar-refractivity contribution in [2.45, 2.75) is 11.3 Å². The van der Waals surface area contributed by atoms with Gasteiger partial charge in [0.2, 0.25) is 0 Å². The second kappa shape index (κ2) is 7.77. The van der Waals surface area contributed by atoms with E-state index in [9.17, 15) is 13.2 Å². The lowest BCUT2D eigenvalue weighted by Crippen LogP contribution is -2.37. The molecule has 2 heterocycles. The fourth-order valence-electron chi connectivity index (χ4n) is 3.30. The summed E-state index contributed by atoms with van der Waals surface area (Å²) in [4.78, 5) is 17.7. The highest BCUT2D eigenvalue weighted by Crippen LogP contribution is 2.41. The lowest BCUT2D eigenvalue weighted by Gasteiger charge is -2.24. The highest BCUT2D eigenvalue weighted by Gasteiger charge is 2.49. The van der Waals surface area contributed by atoms with Gasteiger partial charge in [0.25, 0.3) is 5.91 Å². The van der Waals surface area contributed by atoms with Gasteiger partial charge in [0.15, 0.2) is 15.0 Å². The van der Waals surface area contributed by atoms with Crippen molar-refractivity contribution in [1.29, 1.82) is 0 Å². The van der Waals surface area contributed by atoms with E-state index in [2.05, 4.69) is 4.99 Å². The molecule has 2 saturated heterocycles. The largest absolute Gasteiger partial charge is 0.457 e. The number of para-hydroxylation sites is 1. The smallest absolute Gasteiger partial charge is 0.262 e.